The van der Waals surface area contributed by atoms with E-state index in [1.165, 1.54) is 12.8 Å². The SMILES string of the molecule is OC(CNC1CC1)CSc1ncnc2ccccc12. The van der Waals surface area contributed by atoms with Crippen molar-refractivity contribution in [3.8, 4) is 0 Å². The summed E-state index contributed by atoms with van der Waals surface area (Å²) in [6, 6.07) is 8.59. The highest BCUT2D eigenvalue weighted by Gasteiger charge is 2.21. The monoisotopic (exact) mass is 275 g/mol. The Kier molecular flexibility index (Phi) is 3.96. The second-order valence-electron chi connectivity index (χ2n) is 4.84. The Morgan fingerprint density at radius 2 is 2.16 bits per heavy atom. The number of fused-ring (bicyclic) bond motifs is 1. The van der Waals surface area contributed by atoms with Gasteiger partial charge in [-0.05, 0) is 18.9 Å². The molecular formula is C14H17N3OS. The van der Waals surface area contributed by atoms with E-state index in [0.717, 1.165) is 15.9 Å². The third-order valence-corrected chi connectivity index (χ3v) is 4.29. The first kappa shape index (κ1) is 12.8. The van der Waals surface area contributed by atoms with Gasteiger partial charge in [-0.15, -0.1) is 11.8 Å². The molecule has 0 aliphatic heterocycles. The summed E-state index contributed by atoms with van der Waals surface area (Å²) in [5, 5.41) is 15.3. The number of nitrogens with one attached hydrogen (secondary N) is 1. The smallest absolute Gasteiger partial charge is 0.117 e. The van der Waals surface area contributed by atoms with Crippen LogP contribution in [-0.2, 0) is 0 Å². The lowest BCUT2D eigenvalue weighted by molar-refractivity contribution is 0.195. The van der Waals surface area contributed by atoms with Gasteiger partial charge in [0, 0.05) is 23.7 Å². The zero-order valence-corrected chi connectivity index (χ0v) is 11.4. The van der Waals surface area contributed by atoms with E-state index in [0.29, 0.717) is 18.3 Å². The quantitative estimate of drug-likeness (QED) is 0.622. The number of hydrogen-bond donors (Lipinski definition) is 2. The molecule has 2 N–H and O–H groups in total. The molecule has 0 radical (unpaired) electrons. The Bertz CT molecular complexity index is 554. The van der Waals surface area contributed by atoms with E-state index in [1.54, 1.807) is 18.1 Å². The topological polar surface area (TPSA) is 58.0 Å². The molecule has 0 saturated heterocycles. The summed E-state index contributed by atoms with van der Waals surface area (Å²) in [6.45, 7) is 0.667. The predicted octanol–water partition coefficient (Wildman–Crippen LogP) is 1.83. The lowest BCUT2D eigenvalue weighted by Crippen LogP contribution is -2.29. The van der Waals surface area contributed by atoms with Crippen LogP contribution in [-0.4, -0.2) is 39.5 Å². The van der Waals surface area contributed by atoms with Crippen LogP contribution in [0.1, 0.15) is 12.8 Å². The number of aromatic nitrogens is 2. The molecular weight excluding hydrogens is 258 g/mol. The van der Waals surface area contributed by atoms with Gasteiger partial charge in [-0.3, -0.25) is 0 Å². The summed E-state index contributed by atoms with van der Waals surface area (Å²) in [7, 11) is 0. The van der Waals surface area contributed by atoms with E-state index in [9.17, 15) is 5.11 Å². The van der Waals surface area contributed by atoms with Crippen LogP contribution < -0.4 is 5.32 Å². The van der Waals surface area contributed by atoms with Crippen LogP contribution in [0, 0.1) is 0 Å². The average Bonchev–Trinajstić information content (AvgIpc) is 3.27. The van der Waals surface area contributed by atoms with Gasteiger partial charge in [0.1, 0.15) is 11.4 Å². The molecule has 1 fully saturated rings. The van der Waals surface area contributed by atoms with Crippen LogP contribution in [0.2, 0.25) is 0 Å². The van der Waals surface area contributed by atoms with Crippen molar-refractivity contribution < 1.29 is 5.11 Å². The van der Waals surface area contributed by atoms with Crippen molar-refractivity contribution in [1.82, 2.24) is 15.3 Å². The molecule has 4 nitrogen and oxygen atoms in total. The molecule has 1 aliphatic rings. The van der Waals surface area contributed by atoms with Crippen LogP contribution in [0.5, 0.6) is 0 Å². The fraction of sp³-hybridized carbons (Fsp3) is 0.429. The van der Waals surface area contributed by atoms with E-state index in [4.69, 9.17) is 0 Å². The molecule has 1 aliphatic carbocycles. The largest absolute Gasteiger partial charge is 0.391 e. The van der Waals surface area contributed by atoms with Gasteiger partial charge in [-0.1, -0.05) is 18.2 Å². The molecule has 2 aromatic rings. The standard InChI is InChI=1S/C14H17N3OS/c18-11(7-15-10-5-6-10)8-19-14-12-3-1-2-4-13(12)16-9-17-14/h1-4,9-11,15,18H,5-8H2. The molecule has 1 saturated carbocycles. The third-order valence-electron chi connectivity index (χ3n) is 3.14. The Morgan fingerprint density at radius 1 is 1.32 bits per heavy atom. The Balaban J connectivity index is 1.61. The first-order chi connectivity index (χ1) is 9.33. The number of nitrogens with zero attached hydrogens (tertiary/aromatic N) is 2. The molecule has 1 aromatic carbocycles. The van der Waals surface area contributed by atoms with E-state index in [1.807, 2.05) is 24.3 Å². The Labute approximate surface area is 116 Å². The van der Waals surface area contributed by atoms with E-state index in [2.05, 4.69) is 15.3 Å². The predicted molar refractivity (Wildman–Crippen MR) is 77.3 cm³/mol. The Morgan fingerprint density at radius 3 is 3.00 bits per heavy atom. The minimum absolute atomic E-state index is 0.334. The molecule has 3 rings (SSSR count). The molecule has 1 heterocycles. The zero-order chi connectivity index (χ0) is 13.1. The second-order valence-corrected chi connectivity index (χ2v) is 5.85. The highest BCUT2D eigenvalue weighted by molar-refractivity contribution is 7.99. The van der Waals surface area contributed by atoms with Crippen molar-refractivity contribution in [2.24, 2.45) is 0 Å². The van der Waals surface area contributed by atoms with Crippen molar-refractivity contribution in [2.75, 3.05) is 12.3 Å². The molecule has 1 atom stereocenters. The maximum Gasteiger partial charge on any atom is 0.117 e. The summed E-state index contributed by atoms with van der Waals surface area (Å²) >= 11 is 1.59. The number of benzene rings is 1. The third kappa shape index (κ3) is 3.43. The van der Waals surface area contributed by atoms with Gasteiger partial charge in [0.05, 0.1) is 11.6 Å². The molecule has 0 bridgehead atoms. The molecule has 100 valence electrons. The minimum Gasteiger partial charge on any atom is -0.391 e. The van der Waals surface area contributed by atoms with Gasteiger partial charge in [-0.2, -0.15) is 0 Å². The normalized spacial score (nSPS) is 16.7. The van der Waals surface area contributed by atoms with Crippen LogP contribution in [0.15, 0.2) is 35.6 Å². The summed E-state index contributed by atoms with van der Waals surface area (Å²) in [4.78, 5) is 8.54. The Hall–Kier alpha value is -1.17. The summed E-state index contributed by atoms with van der Waals surface area (Å²) in [5.41, 5.74) is 0.950. The van der Waals surface area contributed by atoms with Crippen LogP contribution in [0.25, 0.3) is 10.9 Å². The van der Waals surface area contributed by atoms with Gasteiger partial charge >= 0.3 is 0 Å². The summed E-state index contributed by atoms with van der Waals surface area (Å²) in [6.07, 6.45) is 3.74. The number of hydrogen-bond acceptors (Lipinski definition) is 5. The van der Waals surface area contributed by atoms with Crippen LogP contribution in [0.4, 0.5) is 0 Å². The maximum absolute atomic E-state index is 9.93. The lowest BCUT2D eigenvalue weighted by Gasteiger charge is -2.11. The average molecular weight is 275 g/mol. The fourth-order valence-corrected chi connectivity index (χ4v) is 2.84. The van der Waals surface area contributed by atoms with Gasteiger partial charge in [0.25, 0.3) is 0 Å². The van der Waals surface area contributed by atoms with Gasteiger partial charge in [0.2, 0.25) is 0 Å². The van der Waals surface area contributed by atoms with E-state index < -0.39 is 0 Å². The molecule has 19 heavy (non-hydrogen) atoms. The van der Waals surface area contributed by atoms with Gasteiger partial charge in [0.15, 0.2) is 0 Å². The van der Waals surface area contributed by atoms with Crippen LogP contribution >= 0.6 is 11.8 Å². The number of aliphatic hydroxyl groups is 1. The molecule has 0 amide bonds. The van der Waals surface area contributed by atoms with E-state index >= 15 is 0 Å². The zero-order valence-electron chi connectivity index (χ0n) is 10.6. The molecule has 5 heteroatoms. The number of thioether (sulfide) groups is 1. The number of para-hydroxylation sites is 1. The summed E-state index contributed by atoms with van der Waals surface area (Å²) < 4.78 is 0. The highest BCUT2D eigenvalue weighted by atomic mass is 32.2. The van der Waals surface area contributed by atoms with Crippen molar-refractivity contribution in [3.63, 3.8) is 0 Å². The van der Waals surface area contributed by atoms with Crippen molar-refractivity contribution >= 4 is 22.7 Å². The van der Waals surface area contributed by atoms with Gasteiger partial charge in [-0.25, -0.2) is 9.97 Å². The molecule has 0 spiro atoms. The fourth-order valence-electron chi connectivity index (χ4n) is 1.92. The van der Waals surface area contributed by atoms with Crippen molar-refractivity contribution in [1.29, 1.82) is 0 Å². The summed E-state index contributed by atoms with van der Waals surface area (Å²) in [5.74, 6) is 0.653. The number of aliphatic hydroxyl groups excluding tert-OH is 1. The molecule has 1 aromatic heterocycles. The maximum atomic E-state index is 9.93. The highest BCUT2D eigenvalue weighted by Crippen LogP contribution is 2.24. The lowest BCUT2D eigenvalue weighted by atomic mass is 10.2. The number of rotatable bonds is 6. The van der Waals surface area contributed by atoms with E-state index in [-0.39, 0.29) is 6.10 Å². The van der Waals surface area contributed by atoms with Crippen molar-refractivity contribution in [2.45, 2.75) is 30.0 Å². The van der Waals surface area contributed by atoms with Crippen molar-refractivity contribution in [3.05, 3.63) is 30.6 Å². The first-order valence-corrected chi connectivity index (χ1v) is 7.55. The molecule has 1 unspecified atom stereocenters. The van der Waals surface area contributed by atoms with Gasteiger partial charge < -0.3 is 10.4 Å². The van der Waals surface area contributed by atoms with Crippen LogP contribution in [0.3, 0.4) is 0 Å². The second kappa shape index (κ2) is 5.86. The minimum atomic E-state index is -0.334. The first-order valence-electron chi connectivity index (χ1n) is 6.57.